The number of phosphoric acid groups is 1. The van der Waals surface area contributed by atoms with Crippen LogP contribution in [0.25, 0.3) is 0 Å². The predicted molar refractivity (Wildman–Crippen MR) is 203 cm³/mol. The molecule has 0 radical (unpaired) electrons. The van der Waals surface area contributed by atoms with E-state index in [0.29, 0.717) is 12.8 Å². The second kappa shape index (κ2) is 35.8. The summed E-state index contributed by atoms with van der Waals surface area (Å²) in [4.78, 5) is 22.6. The fraction of sp³-hybridized carbons (Fsp3) is 0.872. The first-order valence-electron chi connectivity index (χ1n) is 20.0. The number of aliphatic hydroxyl groups is 1. The van der Waals surface area contributed by atoms with Crippen molar-refractivity contribution in [1.29, 1.82) is 0 Å². The van der Waals surface area contributed by atoms with Crippen LogP contribution >= 0.6 is 7.82 Å². The highest BCUT2D eigenvalue weighted by molar-refractivity contribution is 7.47. The van der Waals surface area contributed by atoms with Crippen molar-refractivity contribution in [3.05, 3.63) is 24.3 Å². The Kier molecular flexibility index (Phi) is 35.0. The third-order valence-electron chi connectivity index (χ3n) is 8.81. The topological polar surface area (TPSA) is 131 Å². The number of hydrogen-bond donors (Lipinski definition) is 4. The third-order valence-corrected chi connectivity index (χ3v) is 9.79. The first kappa shape index (κ1) is 47.0. The third kappa shape index (κ3) is 33.5. The van der Waals surface area contributed by atoms with Crippen LogP contribution in [-0.4, -0.2) is 47.8 Å². The maximum Gasteiger partial charge on any atom is 0.472 e. The first-order chi connectivity index (χ1) is 23.4. The van der Waals surface area contributed by atoms with Gasteiger partial charge in [0.1, 0.15) is 0 Å². The normalized spacial score (nSPS) is 14.5. The van der Waals surface area contributed by atoms with Crippen molar-refractivity contribution in [2.24, 2.45) is 5.73 Å². The zero-order valence-corrected chi connectivity index (χ0v) is 32.1. The SMILES string of the molecule is CCCCC/C=C\C/C=C\CCCCCCCCCCCC(=O)NC(COP(=O)(O)OCCN)C(O)CCCCCCCCCCCC. The Labute approximate surface area is 296 Å². The smallest absolute Gasteiger partial charge is 0.391 e. The Morgan fingerprint density at radius 3 is 1.69 bits per heavy atom. The van der Waals surface area contributed by atoms with E-state index in [0.717, 1.165) is 44.9 Å². The first-order valence-corrected chi connectivity index (χ1v) is 21.4. The number of carbonyl (C=O) groups is 1. The minimum atomic E-state index is -4.31. The second-order valence-electron chi connectivity index (χ2n) is 13.5. The van der Waals surface area contributed by atoms with Crippen LogP contribution in [0.2, 0.25) is 0 Å². The van der Waals surface area contributed by atoms with Gasteiger partial charge in [-0.05, 0) is 44.9 Å². The highest BCUT2D eigenvalue weighted by Crippen LogP contribution is 2.43. The molecule has 284 valence electrons. The van der Waals surface area contributed by atoms with E-state index in [2.05, 4.69) is 43.5 Å². The van der Waals surface area contributed by atoms with Gasteiger partial charge in [0.15, 0.2) is 0 Å². The highest BCUT2D eigenvalue weighted by atomic mass is 31.2. The van der Waals surface area contributed by atoms with E-state index in [9.17, 15) is 19.4 Å². The molecule has 0 spiro atoms. The molecule has 0 fully saturated rings. The van der Waals surface area contributed by atoms with Gasteiger partial charge in [-0.1, -0.05) is 160 Å². The summed E-state index contributed by atoms with van der Waals surface area (Å²) >= 11 is 0. The average Bonchev–Trinajstić information content (AvgIpc) is 3.07. The van der Waals surface area contributed by atoms with Gasteiger partial charge in [-0.3, -0.25) is 13.8 Å². The van der Waals surface area contributed by atoms with E-state index >= 15 is 0 Å². The van der Waals surface area contributed by atoms with Crippen molar-refractivity contribution in [1.82, 2.24) is 5.32 Å². The molecule has 0 aliphatic heterocycles. The summed E-state index contributed by atoms with van der Waals surface area (Å²) in [6.45, 7) is 4.16. The van der Waals surface area contributed by atoms with Gasteiger partial charge < -0.3 is 21.1 Å². The molecular weight excluding hydrogens is 623 g/mol. The van der Waals surface area contributed by atoms with Crippen molar-refractivity contribution >= 4 is 13.7 Å². The molecule has 0 rings (SSSR count). The number of allylic oxidation sites excluding steroid dienone is 4. The Hall–Kier alpha value is -1.02. The van der Waals surface area contributed by atoms with Gasteiger partial charge in [-0.15, -0.1) is 0 Å². The van der Waals surface area contributed by atoms with Crippen LogP contribution in [-0.2, 0) is 18.4 Å². The molecule has 1 amide bonds. The number of phosphoric ester groups is 1. The molecule has 0 aromatic carbocycles. The van der Waals surface area contributed by atoms with Gasteiger partial charge in [0.05, 0.1) is 25.4 Å². The molecule has 8 nitrogen and oxygen atoms in total. The van der Waals surface area contributed by atoms with E-state index in [1.807, 2.05) is 0 Å². The van der Waals surface area contributed by atoms with Crippen LogP contribution in [0.15, 0.2) is 24.3 Å². The lowest BCUT2D eigenvalue weighted by molar-refractivity contribution is -0.123. The van der Waals surface area contributed by atoms with Crippen molar-refractivity contribution < 1.29 is 28.4 Å². The molecule has 0 heterocycles. The number of nitrogens with one attached hydrogen (secondary N) is 1. The molecule has 5 N–H and O–H groups in total. The average molecular weight is 701 g/mol. The number of rotatable bonds is 37. The Balaban J connectivity index is 4.14. The molecule has 0 aliphatic rings. The molecule has 0 saturated heterocycles. The quantitative estimate of drug-likeness (QED) is 0.0288. The van der Waals surface area contributed by atoms with Crippen LogP contribution < -0.4 is 11.1 Å². The van der Waals surface area contributed by atoms with Gasteiger partial charge in [-0.2, -0.15) is 0 Å². The number of aliphatic hydroxyl groups excluding tert-OH is 1. The molecule has 0 saturated carbocycles. The summed E-state index contributed by atoms with van der Waals surface area (Å²) in [5.74, 6) is -0.168. The van der Waals surface area contributed by atoms with Gasteiger partial charge in [-0.25, -0.2) is 4.57 Å². The Bertz CT molecular complexity index is 809. The number of nitrogens with two attached hydrogens (primary N) is 1. The standard InChI is InChI=1S/C39H77N2O6P/c1-3-5-7-9-11-13-15-16-17-18-19-20-21-22-23-25-27-29-31-33-39(43)41-37(36-47-48(44,45)46-35-34-40)38(42)32-30-28-26-24-14-12-10-8-6-4-2/h11,13,16-17,37-38,42H,3-10,12,14-15,18-36,40H2,1-2H3,(H,41,43)(H,44,45)/b13-11-,17-16-. The van der Waals surface area contributed by atoms with Gasteiger partial charge in [0.2, 0.25) is 5.91 Å². The van der Waals surface area contributed by atoms with Crippen LogP contribution in [0.5, 0.6) is 0 Å². The van der Waals surface area contributed by atoms with E-state index in [1.165, 1.54) is 116 Å². The van der Waals surface area contributed by atoms with Crippen LogP contribution in [0.3, 0.4) is 0 Å². The lowest BCUT2D eigenvalue weighted by Gasteiger charge is -2.25. The van der Waals surface area contributed by atoms with Crippen LogP contribution in [0, 0.1) is 0 Å². The number of hydrogen-bond acceptors (Lipinski definition) is 6. The minimum Gasteiger partial charge on any atom is -0.391 e. The number of unbranched alkanes of at least 4 members (excludes halogenated alkanes) is 21. The molecule has 0 aliphatic carbocycles. The van der Waals surface area contributed by atoms with Crippen LogP contribution in [0.4, 0.5) is 0 Å². The van der Waals surface area contributed by atoms with E-state index in [-0.39, 0.29) is 25.7 Å². The molecule has 48 heavy (non-hydrogen) atoms. The lowest BCUT2D eigenvalue weighted by atomic mass is 10.0. The summed E-state index contributed by atoms with van der Waals surface area (Å²) < 4.78 is 22.1. The van der Waals surface area contributed by atoms with Crippen molar-refractivity contribution in [2.45, 2.75) is 199 Å². The summed E-state index contributed by atoms with van der Waals surface area (Å²) in [6, 6.07) is -0.773. The molecule has 3 atom stereocenters. The Morgan fingerprint density at radius 1 is 0.688 bits per heavy atom. The lowest BCUT2D eigenvalue weighted by Crippen LogP contribution is -2.46. The fourth-order valence-electron chi connectivity index (χ4n) is 5.75. The molecular formula is C39H77N2O6P. The minimum absolute atomic E-state index is 0.0883. The van der Waals surface area contributed by atoms with Gasteiger partial charge in [0, 0.05) is 13.0 Å². The summed E-state index contributed by atoms with van der Waals surface area (Å²) in [5, 5.41) is 13.7. The van der Waals surface area contributed by atoms with E-state index < -0.39 is 20.0 Å². The van der Waals surface area contributed by atoms with Crippen molar-refractivity contribution in [3.63, 3.8) is 0 Å². The molecule has 3 unspecified atom stereocenters. The maximum atomic E-state index is 12.7. The monoisotopic (exact) mass is 701 g/mol. The maximum absolute atomic E-state index is 12.7. The largest absolute Gasteiger partial charge is 0.472 e. The number of carbonyl (C=O) groups excluding carboxylic acids is 1. The molecule has 0 aromatic rings. The van der Waals surface area contributed by atoms with E-state index in [1.54, 1.807) is 0 Å². The molecule has 0 bridgehead atoms. The van der Waals surface area contributed by atoms with Crippen molar-refractivity contribution in [2.75, 3.05) is 19.8 Å². The Morgan fingerprint density at radius 2 is 1.15 bits per heavy atom. The number of amides is 1. The second-order valence-corrected chi connectivity index (χ2v) is 14.9. The summed E-state index contributed by atoms with van der Waals surface area (Å²) in [6.07, 6.45) is 39.0. The summed E-state index contributed by atoms with van der Waals surface area (Å²) in [7, 11) is -4.31. The zero-order chi connectivity index (χ0) is 35.4. The highest BCUT2D eigenvalue weighted by Gasteiger charge is 2.27. The van der Waals surface area contributed by atoms with Crippen molar-refractivity contribution in [3.8, 4) is 0 Å². The van der Waals surface area contributed by atoms with Gasteiger partial charge >= 0.3 is 7.82 Å². The molecule has 0 aromatic heterocycles. The molecule has 9 heteroatoms. The zero-order valence-electron chi connectivity index (χ0n) is 31.2. The van der Waals surface area contributed by atoms with E-state index in [4.69, 9.17) is 14.8 Å². The van der Waals surface area contributed by atoms with Gasteiger partial charge in [0.25, 0.3) is 0 Å². The summed E-state index contributed by atoms with van der Waals surface area (Å²) in [5.41, 5.74) is 5.36. The van der Waals surface area contributed by atoms with Crippen LogP contribution in [0.1, 0.15) is 187 Å². The fourth-order valence-corrected chi connectivity index (χ4v) is 6.51. The predicted octanol–water partition coefficient (Wildman–Crippen LogP) is 10.6.